The molecule has 3 saturated heterocycles. The first-order valence-electron chi connectivity index (χ1n) is 9.33. The second-order valence-electron chi connectivity index (χ2n) is 7.31. The van der Waals surface area contributed by atoms with E-state index in [2.05, 4.69) is 16.0 Å². The van der Waals surface area contributed by atoms with Crippen molar-refractivity contribution >= 4 is 11.8 Å². The number of carbonyl (C=O) groups is 1. The summed E-state index contributed by atoms with van der Waals surface area (Å²) in [5.41, 5.74) is 2.86. The highest BCUT2D eigenvalue weighted by Gasteiger charge is 2.40. The topological polar surface area (TPSA) is 80.5 Å². The van der Waals surface area contributed by atoms with Crippen molar-refractivity contribution in [3.63, 3.8) is 0 Å². The van der Waals surface area contributed by atoms with E-state index in [-0.39, 0.29) is 6.04 Å². The normalized spacial score (nSPS) is 23.6. The van der Waals surface area contributed by atoms with Crippen molar-refractivity contribution in [2.24, 2.45) is 5.92 Å². The van der Waals surface area contributed by atoms with Gasteiger partial charge in [0.05, 0.1) is 23.4 Å². The molecule has 1 aromatic heterocycles. The van der Waals surface area contributed by atoms with Crippen LogP contribution in [0.5, 0.6) is 0 Å². The van der Waals surface area contributed by atoms with Gasteiger partial charge >= 0.3 is 6.09 Å². The van der Waals surface area contributed by atoms with E-state index in [1.165, 1.54) is 4.90 Å². The molecule has 3 aliphatic heterocycles. The van der Waals surface area contributed by atoms with Gasteiger partial charge in [0.25, 0.3) is 0 Å². The molecule has 6 heteroatoms. The van der Waals surface area contributed by atoms with Gasteiger partial charge in [0, 0.05) is 25.4 Å². The van der Waals surface area contributed by atoms with Crippen molar-refractivity contribution < 1.29 is 9.90 Å². The van der Waals surface area contributed by atoms with E-state index >= 15 is 0 Å². The Morgan fingerprint density at radius 1 is 1.30 bits per heavy atom. The lowest BCUT2D eigenvalue weighted by atomic mass is 9.82. The SMILES string of the molecule is N#Cc1cccc(N(C(=O)O)C2CN3CCC2CC3)c1Cc1cccnc1. The average molecular weight is 362 g/mol. The predicted molar refractivity (Wildman–Crippen MR) is 102 cm³/mol. The number of anilines is 1. The van der Waals surface area contributed by atoms with Gasteiger partial charge in [-0.2, -0.15) is 5.26 Å². The molecule has 3 fully saturated rings. The number of piperidine rings is 3. The number of fused-ring (bicyclic) bond motifs is 3. The number of hydrogen-bond acceptors (Lipinski definition) is 4. The van der Waals surface area contributed by atoms with Crippen molar-refractivity contribution in [1.29, 1.82) is 5.26 Å². The van der Waals surface area contributed by atoms with E-state index in [0.29, 0.717) is 23.6 Å². The van der Waals surface area contributed by atoms with Crippen LogP contribution in [0.25, 0.3) is 0 Å². The zero-order valence-electron chi connectivity index (χ0n) is 15.1. The largest absolute Gasteiger partial charge is 0.465 e. The summed E-state index contributed by atoms with van der Waals surface area (Å²) < 4.78 is 0. The number of amides is 1. The van der Waals surface area contributed by atoms with Gasteiger partial charge in [0.1, 0.15) is 0 Å². The zero-order chi connectivity index (χ0) is 18.8. The number of pyridine rings is 1. The summed E-state index contributed by atoms with van der Waals surface area (Å²) >= 11 is 0. The molecule has 0 aliphatic carbocycles. The van der Waals surface area contributed by atoms with Crippen molar-refractivity contribution in [1.82, 2.24) is 9.88 Å². The molecule has 1 unspecified atom stereocenters. The number of benzene rings is 1. The fourth-order valence-electron chi connectivity index (χ4n) is 4.45. The molecular formula is C21H22N4O2. The van der Waals surface area contributed by atoms with Gasteiger partial charge in [-0.3, -0.25) is 9.88 Å². The Balaban J connectivity index is 1.76. The first kappa shape index (κ1) is 17.5. The third-order valence-corrected chi connectivity index (χ3v) is 5.79. The van der Waals surface area contributed by atoms with Gasteiger partial charge in [-0.05, 0) is 61.2 Å². The van der Waals surface area contributed by atoms with Gasteiger partial charge in [0.2, 0.25) is 0 Å². The Morgan fingerprint density at radius 3 is 2.70 bits per heavy atom. The highest BCUT2D eigenvalue weighted by atomic mass is 16.4. The molecule has 6 nitrogen and oxygen atoms in total. The third kappa shape index (κ3) is 3.38. The lowest BCUT2D eigenvalue weighted by molar-refractivity contribution is 0.0837. The molecule has 2 aromatic rings. The number of nitrogens with zero attached hydrogens (tertiary/aromatic N) is 4. The molecule has 0 spiro atoms. The van der Waals surface area contributed by atoms with E-state index in [1.54, 1.807) is 24.5 Å². The standard InChI is InChI=1S/C21H22N4O2/c22-12-17-4-1-5-19(18(17)11-15-3-2-8-23-13-15)25(21(26)27)20-14-24-9-6-16(20)7-10-24/h1-5,8,13,16,20H,6-7,9-11,14H2,(H,26,27). The Kier molecular flexibility index (Phi) is 4.78. The highest BCUT2D eigenvalue weighted by Crippen LogP contribution is 2.36. The average Bonchev–Trinajstić information content (AvgIpc) is 2.71. The summed E-state index contributed by atoms with van der Waals surface area (Å²) in [6.07, 6.45) is 5.07. The van der Waals surface area contributed by atoms with Crippen molar-refractivity contribution in [3.05, 3.63) is 59.4 Å². The lowest BCUT2D eigenvalue weighted by Gasteiger charge is -2.48. The van der Waals surface area contributed by atoms with E-state index in [1.807, 2.05) is 18.2 Å². The van der Waals surface area contributed by atoms with E-state index < -0.39 is 6.09 Å². The zero-order valence-corrected chi connectivity index (χ0v) is 15.1. The van der Waals surface area contributed by atoms with Crippen LogP contribution in [0.4, 0.5) is 10.5 Å². The summed E-state index contributed by atoms with van der Waals surface area (Å²) in [5.74, 6) is 0.378. The van der Waals surface area contributed by atoms with Crippen LogP contribution in [0.15, 0.2) is 42.7 Å². The second kappa shape index (κ2) is 7.37. The molecule has 1 aromatic carbocycles. The fourth-order valence-corrected chi connectivity index (χ4v) is 4.45. The molecule has 27 heavy (non-hydrogen) atoms. The fraction of sp³-hybridized carbons (Fsp3) is 0.381. The van der Waals surface area contributed by atoms with Crippen LogP contribution in [-0.2, 0) is 6.42 Å². The Hall–Kier alpha value is -2.91. The maximum absolute atomic E-state index is 12.3. The second-order valence-corrected chi connectivity index (χ2v) is 7.31. The number of carboxylic acid groups (broad SMARTS) is 1. The van der Waals surface area contributed by atoms with E-state index in [0.717, 1.165) is 43.6 Å². The minimum absolute atomic E-state index is 0.0633. The Bertz CT molecular complexity index is 869. The molecule has 3 aliphatic rings. The highest BCUT2D eigenvalue weighted by molar-refractivity contribution is 5.89. The van der Waals surface area contributed by atoms with Gasteiger partial charge < -0.3 is 10.0 Å². The van der Waals surface area contributed by atoms with Crippen LogP contribution in [0.2, 0.25) is 0 Å². The molecule has 1 amide bonds. The van der Waals surface area contributed by atoms with E-state index in [9.17, 15) is 15.2 Å². The number of hydrogen-bond donors (Lipinski definition) is 1. The Morgan fingerprint density at radius 2 is 2.11 bits per heavy atom. The quantitative estimate of drug-likeness (QED) is 0.904. The molecule has 4 heterocycles. The minimum Gasteiger partial charge on any atom is -0.465 e. The summed E-state index contributed by atoms with van der Waals surface area (Å²) in [4.78, 5) is 20.3. The van der Waals surface area contributed by atoms with Crippen LogP contribution in [-0.4, -0.2) is 46.8 Å². The minimum atomic E-state index is -0.948. The molecule has 138 valence electrons. The smallest absolute Gasteiger partial charge is 0.412 e. The lowest BCUT2D eigenvalue weighted by Crippen LogP contribution is -2.59. The molecule has 1 N–H and O–H groups in total. The van der Waals surface area contributed by atoms with Crippen LogP contribution in [0.1, 0.15) is 29.5 Å². The predicted octanol–water partition coefficient (Wildman–Crippen LogP) is 3.12. The maximum atomic E-state index is 12.3. The number of aromatic nitrogens is 1. The molecule has 1 atom stereocenters. The maximum Gasteiger partial charge on any atom is 0.412 e. The third-order valence-electron chi connectivity index (χ3n) is 5.79. The molecule has 5 rings (SSSR count). The van der Waals surface area contributed by atoms with Crippen molar-refractivity contribution in [2.75, 3.05) is 24.5 Å². The van der Waals surface area contributed by atoms with Gasteiger partial charge in [-0.15, -0.1) is 0 Å². The summed E-state index contributed by atoms with van der Waals surface area (Å²) in [6.45, 7) is 2.87. The van der Waals surface area contributed by atoms with Crippen LogP contribution < -0.4 is 4.90 Å². The summed E-state index contributed by atoms with van der Waals surface area (Å²) in [5, 5.41) is 19.7. The molecule has 2 bridgehead atoms. The first-order valence-corrected chi connectivity index (χ1v) is 9.33. The van der Waals surface area contributed by atoms with Crippen LogP contribution in [0.3, 0.4) is 0 Å². The monoisotopic (exact) mass is 362 g/mol. The van der Waals surface area contributed by atoms with Crippen molar-refractivity contribution in [2.45, 2.75) is 25.3 Å². The van der Waals surface area contributed by atoms with Crippen molar-refractivity contribution in [3.8, 4) is 6.07 Å². The summed E-state index contributed by atoms with van der Waals surface area (Å²) in [6, 6.07) is 11.3. The number of rotatable bonds is 4. The first-order chi connectivity index (χ1) is 13.2. The molecular weight excluding hydrogens is 340 g/mol. The summed E-state index contributed by atoms with van der Waals surface area (Å²) in [7, 11) is 0. The van der Waals surface area contributed by atoms with E-state index in [4.69, 9.17) is 0 Å². The molecule has 0 saturated carbocycles. The number of nitriles is 1. The van der Waals surface area contributed by atoms with Gasteiger partial charge in [-0.1, -0.05) is 12.1 Å². The van der Waals surface area contributed by atoms with Crippen LogP contribution in [0, 0.1) is 17.2 Å². The molecule has 0 radical (unpaired) electrons. The van der Waals surface area contributed by atoms with Crippen LogP contribution >= 0.6 is 0 Å². The van der Waals surface area contributed by atoms with Gasteiger partial charge in [0.15, 0.2) is 0 Å². The Labute approximate surface area is 158 Å². The van der Waals surface area contributed by atoms with Gasteiger partial charge in [-0.25, -0.2) is 4.79 Å².